The van der Waals surface area contributed by atoms with Gasteiger partial charge in [-0.3, -0.25) is 9.78 Å². The van der Waals surface area contributed by atoms with Crippen LogP contribution in [0, 0.1) is 12.8 Å². The average molecular weight is 447 g/mol. The number of nitrogens with one attached hydrogen (secondary N) is 2. The maximum absolute atomic E-state index is 13.2. The van der Waals surface area contributed by atoms with E-state index in [1.807, 2.05) is 17.0 Å². The highest BCUT2D eigenvalue weighted by atomic mass is 32.1. The van der Waals surface area contributed by atoms with Crippen molar-refractivity contribution in [3.8, 4) is 0 Å². The van der Waals surface area contributed by atoms with Crippen molar-refractivity contribution in [1.29, 1.82) is 0 Å². The van der Waals surface area contributed by atoms with E-state index in [9.17, 15) is 4.79 Å². The lowest BCUT2D eigenvalue weighted by atomic mass is 10.2. The number of H-pyrrole nitrogens is 1. The Morgan fingerprint density at radius 3 is 3.03 bits per heavy atom. The first-order valence-corrected chi connectivity index (χ1v) is 12.1. The molecule has 164 valence electrons. The zero-order valence-corrected chi connectivity index (χ0v) is 18.9. The zero-order chi connectivity index (χ0) is 21.7. The summed E-state index contributed by atoms with van der Waals surface area (Å²) in [4.78, 5) is 23.7. The third-order valence-corrected chi connectivity index (χ3v) is 7.50. The maximum atomic E-state index is 13.2. The predicted molar refractivity (Wildman–Crippen MR) is 129 cm³/mol. The minimum absolute atomic E-state index is 0.0840. The van der Waals surface area contributed by atoms with E-state index in [2.05, 4.69) is 46.5 Å². The van der Waals surface area contributed by atoms with Gasteiger partial charge < -0.3 is 19.9 Å². The van der Waals surface area contributed by atoms with Gasteiger partial charge in [-0.05, 0) is 68.5 Å². The molecule has 4 heterocycles. The van der Waals surface area contributed by atoms with E-state index >= 15 is 0 Å². The van der Waals surface area contributed by atoms with Crippen LogP contribution in [0.25, 0.3) is 21.1 Å². The second-order valence-corrected chi connectivity index (χ2v) is 10.1. The summed E-state index contributed by atoms with van der Waals surface area (Å²) in [5.41, 5.74) is 5.11. The fraction of sp³-hybridized carbons (Fsp3) is 0.360. The van der Waals surface area contributed by atoms with Crippen molar-refractivity contribution in [3.05, 3.63) is 53.2 Å². The Bertz CT molecular complexity index is 1310. The smallest absolute Gasteiger partial charge is 0.264 e. The number of hydrogen-bond acceptors (Lipinski definition) is 5. The van der Waals surface area contributed by atoms with Gasteiger partial charge in [-0.1, -0.05) is 0 Å². The summed E-state index contributed by atoms with van der Waals surface area (Å²) in [5, 5.41) is 4.70. The monoisotopic (exact) mass is 446 g/mol. The lowest BCUT2D eigenvalue weighted by molar-refractivity contribution is 0.0482. The topological polar surface area (TPSA) is 70.2 Å². The van der Waals surface area contributed by atoms with Gasteiger partial charge >= 0.3 is 0 Å². The van der Waals surface area contributed by atoms with E-state index in [1.54, 1.807) is 6.20 Å². The number of ether oxygens (including phenoxy) is 1. The van der Waals surface area contributed by atoms with Crippen LogP contribution in [-0.2, 0) is 4.74 Å². The van der Waals surface area contributed by atoms with E-state index < -0.39 is 0 Å². The van der Waals surface area contributed by atoms with Crippen LogP contribution in [0.5, 0.6) is 0 Å². The molecule has 4 aromatic rings. The van der Waals surface area contributed by atoms with Gasteiger partial charge in [0.25, 0.3) is 5.91 Å². The van der Waals surface area contributed by atoms with Crippen LogP contribution in [0.2, 0.25) is 0 Å². The number of thiophene rings is 1. The highest BCUT2D eigenvalue weighted by Crippen LogP contribution is 2.34. The fourth-order valence-corrected chi connectivity index (χ4v) is 5.47. The normalized spacial score (nSPS) is 18.7. The van der Waals surface area contributed by atoms with Gasteiger partial charge in [-0.2, -0.15) is 0 Å². The number of aryl methyl sites for hydroxylation is 1. The molecule has 7 heteroatoms. The number of anilines is 2. The number of likely N-dealkylation sites (tertiary alicyclic amines) is 1. The summed E-state index contributed by atoms with van der Waals surface area (Å²) in [6.07, 6.45) is 5.48. The number of aromatic nitrogens is 2. The first-order chi connectivity index (χ1) is 15.6. The summed E-state index contributed by atoms with van der Waals surface area (Å²) in [7, 11) is 0. The highest BCUT2D eigenvalue weighted by Gasteiger charge is 2.30. The van der Waals surface area contributed by atoms with Crippen LogP contribution in [-0.4, -0.2) is 46.6 Å². The molecule has 6 nitrogen and oxygen atoms in total. The van der Waals surface area contributed by atoms with Crippen molar-refractivity contribution in [1.82, 2.24) is 14.9 Å². The SMILES string of the molecule is Cc1cc2cc(Nc3ccnc4cc(C(=O)N5CC[C@@H](OCC6CC6)C5)sc34)ccc2[nH]1. The van der Waals surface area contributed by atoms with Crippen molar-refractivity contribution in [2.45, 2.75) is 32.3 Å². The Kier molecular flexibility index (Phi) is 4.88. The van der Waals surface area contributed by atoms with E-state index in [1.165, 1.54) is 29.6 Å². The molecule has 1 saturated heterocycles. The van der Waals surface area contributed by atoms with Gasteiger partial charge in [-0.25, -0.2) is 0 Å². The molecule has 0 radical (unpaired) electrons. The third kappa shape index (κ3) is 3.87. The molecule has 2 aliphatic rings. The molecule has 1 saturated carbocycles. The molecule has 6 rings (SSSR count). The van der Waals surface area contributed by atoms with Crippen molar-refractivity contribution in [2.24, 2.45) is 5.92 Å². The van der Waals surface area contributed by atoms with Crippen molar-refractivity contribution in [3.63, 3.8) is 0 Å². The summed E-state index contributed by atoms with van der Waals surface area (Å²) in [6, 6.07) is 12.3. The van der Waals surface area contributed by atoms with Crippen molar-refractivity contribution in [2.75, 3.05) is 25.0 Å². The second kappa shape index (κ2) is 7.90. The lowest BCUT2D eigenvalue weighted by Crippen LogP contribution is -2.29. The highest BCUT2D eigenvalue weighted by molar-refractivity contribution is 7.21. The zero-order valence-electron chi connectivity index (χ0n) is 18.1. The number of pyridine rings is 1. The van der Waals surface area contributed by atoms with Crippen LogP contribution in [0.15, 0.2) is 42.6 Å². The molecule has 0 unspecified atom stereocenters. The number of nitrogens with zero attached hydrogens (tertiary/aromatic N) is 2. The van der Waals surface area contributed by atoms with Crippen molar-refractivity contribution < 1.29 is 9.53 Å². The van der Waals surface area contributed by atoms with E-state index in [0.717, 1.165) is 63.2 Å². The predicted octanol–water partition coefficient (Wildman–Crippen LogP) is 5.47. The van der Waals surface area contributed by atoms with Crippen molar-refractivity contribution >= 4 is 49.7 Å². The summed E-state index contributed by atoms with van der Waals surface area (Å²) in [5.74, 6) is 0.835. The summed E-state index contributed by atoms with van der Waals surface area (Å²) in [6.45, 7) is 4.36. The third-order valence-electron chi connectivity index (χ3n) is 6.35. The number of benzene rings is 1. The quantitative estimate of drug-likeness (QED) is 0.412. The first-order valence-electron chi connectivity index (χ1n) is 11.3. The van der Waals surface area contributed by atoms with Crippen LogP contribution in [0.4, 0.5) is 11.4 Å². The van der Waals surface area contributed by atoms with E-state index in [0.29, 0.717) is 6.54 Å². The Labute approximate surface area is 190 Å². The Morgan fingerprint density at radius 2 is 2.16 bits per heavy atom. The molecule has 32 heavy (non-hydrogen) atoms. The molecular weight excluding hydrogens is 420 g/mol. The van der Waals surface area contributed by atoms with Gasteiger partial charge in [-0.15, -0.1) is 11.3 Å². The molecule has 1 aliphatic carbocycles. The number of carbonyl (C=O) groups excluding carboxylic acids is 1. The number of rotatable bonds is 6. The first kappa shape index (κ1) is 19.8. The summed E-state index contributed by atoms with van der Waals surface area (Å²) < 4.78 is 7.01. The molecule has 0 bridgehead atoms. The van der Waals surface area contributed by atoms with Crippen LogP contribution in [0.3, 0.4) is 0 Å². The van der Waals surface area contributed by atoms with Gasteiger partial charge in [0.15, 0.2) is 0 Å². The lowest BCUT2D eigenvalue weighted by Gasteiger charge is -2.15. The average Bonchev–Trinajstić information content (AvgIpc) is 3.18. The molecule has 1 atom stereocenters. The van der Waals surface area contributed by atoms with Gasteiger partial charge in [0.05, 0.1) is 26.9 Å². The van der Waals surface area contributed by atoms with Gasteiger partial charge in [0, 0.05) is 48.2 Å². The van der Waals surface area contributed by atoms with E-state index in [-0.39, 0.29) is 12.0 Å². The summed E-state index contributed by atoms with van der Waals surface area (Å²) >= 11 is 1.51. The molecule has 1 aliphatic heterocycles. The van der Waals surface area contributed by atoms with Crippen LogP contribution in [0.1, 0.15) is 34.6 Å². The van der Waals surface area contributed by atoms with Crippen LogP contribution < -0.4 is 5.32 Å². The second-order valence-electron chi connectivity index (χ2n) is 9.00. The Hall–Kier alpha value is -2.90. The van der Waals surface area contributed by atoms with Crippen LogP contribution >= 0.6 is 11.3 Å². The number of fused-ring (bicyclic) bond motifs is 2. The van der Waals surface area contributed by atoms with E-state index in [4.69, 9.17) is 4.74 Å². The molecule has 2 N–H and O–H groups in total. The minimum atomic E-state index is 0.0840. The minimum Gasteiger partial charge on any atom is -0.376 e. The number of aromatic amines is 1. The fourth-order valence-electron chi connectivity index (χ4n) is 4.41. The number of amides is 1. The molecule has 3 aromatic heterocycles. The molecule has 0 spiro atoms. The maximum Gasteiger partial charge on any atom is 0.264 e. The van der Waals surface area contributed by atoms with Gasteiger partial charge in [0.1, 0.15) is 0 Å². The molecule has 1 amide bonds. The number of carbonyl (C=O) groups is 1. The van der Waals surface area contributed by atoms with Gasteiger partial charge in [0.2, 0.25) is 0 Å². The Balaban J connectivity index is 1.21. The largest absolute Gasteiger partial charge is 0.376 e. The molecule has 1 aromatic carbocycles. The molecule has 2 fully saturated rings. The number of hydrogen-bond donors (Lipinski definition) is 2. The molecular formula is C25H26N4O2S. The Morgan fingerprint density at radius 1 is 1.25 bits per heavy atom. The standard InChI is InChI=1S/C25H26N4O2S/c1-15-10-17-11-18(4-5-20(17)27-15)28-21-6-8-26-22-12-23(32-24(21)22)25(30)29-9-7-19(13-29)31-14-16-2-3-16/h4-6,8,10-12,16,19,27H,2-3,7,9,13-14H2,1H3,(H,26,28)/t19-/m1/s1.